The summed E-state index contributed by atoms with van der Waals surface area (Å²) in [5.41, 5.74) is 0. The van der Waals surface area contributed by atoms with Crippen LogP contribution in [0.2, 0.25) is 45.8 Å². The molecular formula is C17H30Si3. The fourth-order valence-electron chi connectivity index (χ4n) is 2.98. The van der Waals surface area contributed by atoms with E-state index in [0.717, 1.165) is 0 Å². The van der Waals surface area contributed by atoms with Crippen LogP contribution in [0.15, 0.2) is 45.1 Å². The standard InChI is InChI=1S/C17H30Si3/c1-18(14-8-10-16(12-14)19(2,3)4)15-9-11-17(13-15)20(5,6)7/h10-13,18H,8-9H2,1-7H3. The Morgan fingerprint density at radius 3 is 1.35 bits per heavy atom. The SMILES string of the molecule is C[SiH](C1=CC([Si](C)(C)C)=CC1)C1=CC([Si](C)(C)C)=CC1. The van der Waals surface area contributed by atoms with E-state index in [1.54, 1.807) is 20.8 Å². The molecule has 0 atom stereocenters. The maximum absolute atomic E-state index is 2.58. The summed E-state index contributed by atoms with van der Waals surface area (Å²) >= 11 is 0. The molecule has 2 aliphatic rings. The highest BCUT2D eigenvalue weighted by molar-refractivity contribution is 6.85. The molecule has 110 valence electrons. The van der Waals surface area contributed by atoms with Crippen LogP contribution in [0.25, 0.3) is 0 Å². The van der Waals surface area contributed by atoms with Gasteiger partial charge < -0.3 is 0 Å². The van der Waals surface area contributed by atoms with Crippen LogP contribution < -0.4 is 0 Å². The minimum absolute atomic E-state index is 0.865. The Morgan fingerprint density at radius 2 is 1.10 bits per heavy atom. The predicted octanol–water partition coefficient (Wildman–Crippen LogP) is 5.19. The van der Waals surface area contributed by atoms with E-state index >= 15 is 0 Å². The minimum atomic E-state index is -1.11. The van der Waals surface area contributed by atoms with Crippen molar-refractivity contribution >= 4 is 24.9 Å². The molecule has 0 aromatic heterocycles. The molecule has 0 N–H and O–H groups in total. The molecule has 0 heterocycles. The molecule has 0 fully saturated rings. The average molecular weight is 319 g/mol. The lowest BCUT2D eigenvalue weighted by atomic mass is 10.5. The van der Waals surface area contributed by atoms with E-state index in [1.165, 1.54) is 12.8 Å². The zero-order valence-electron chi connectivity index (χ0n) is 14.3. The van der Waals surface area contributed by atoms with Gasteiger partial charge in [-0.2, -0.15) is 0 Å². The van der Waals surface area contributed by atoms with Gasteiger partial charge in [0.15, 0.2) is 0 Å². The molecule has 0 radical (unpaired) electrons. The van der Waals surface area contributed by atoms with Crippen molar-refractivity contribution in [2.75, 3.05) is 0 Å². The molecule has 0 bridgehead atoms. The first kappa shape index (κ1) is 16.0. The largest absolute Gasteiger partial charge is 0.0903 e. The normalized spacial score (nSPS) is 20.0. The highest BCUT2D eigenvalue weighted by Crippen LogP contribution is 2.33. The third-order valence-electron chi connectivity index (χ3n) is 4.64. The van der Waals surface area contributed by atoms with Gasteiger partial charge in [0.2, 0.25) is 0 Å². The summed E-state index contributed by atoms with van der Waals surface area (Å²) in [6.07, 6.45) is 12.7. The Hall–Kier alpha value is -0.389. The lowest BCUT2D eigenvalue weighted by Gasteiger charge is -2.17. The Bertz CT molecular complexity index is 471. The van der Waals surface area contributed by atoms with Gasteiger partial charge in [-0.15, -0.1) is 0 Å². The number of rotatable bonds is 4. The molecule has 3 heteroatoms. The van der Waals surface area contributed by atoms with Crippen LogP contribution in [-0.4, -0.2) is 24.9 Å². The molecule has 20 heavy (non-hydrogen) atoms. The van der Waals surface area contributed by atoms with Crippen molar-refractivity contribution < 1.29 is 0 Å². The second-order valence-electron chi connectivity index (χ2n) is 8.39. The Balaban J connectivity index is 2.11. The lowest BCUT2D eigenvalue weighted by Crippen LogP contribution is -2.22. The van der Waals surface area contributed by atoms with E-state index in [2.05, 4.69) is 70.1 Å². The first-order valence-electron chi connectivity index (χ1n) is 7.91. The second-order valence-corrected chi connectivity index (χ2v) is 21.5. The van der Waals surface area contributed by atoms with Crippen molar-refractivity contribution in [2.45, 2.75) is 58.7 Å². The minimum Gasteiger partial charge on any atom is -0.0816 e. The van der Waals surface area contributed by atoms with Crippen molar-refractivity contribution in [3.05, 3.63) is 45.1 Å². The molecule has 2 aliphatic carbocycles. The quantitative estimate of drug-likeness (QED) is 0.626. The Kier molecular flexibility index (Phi) is 4.34. The van der Waals surface area contributed by atoms with Gasteiger partial charge in [0, 0.05) is 0 Å². The summed E-state index contributed by atoms with van der Waals surface area (Å²) in [7, 11) is -3.09. The Morgan fingerprint density at radius 1 is 0.750 bits per heavy atom. The molecule has 0 nitrogen and oxygen atoms in total. The van der Waals surface area contributed by atoms with Gasteiger partial charge in [-0.25, -0.2) is 0 Å². The molecule has 0 aromatic rings. The fourth-order valence-corrected chi connectivity index (χ4v) is 8.26. The molecule has 0 saturated heterocycles. The van der Waals surface area contributed by atoms with Crippen molar-refractivity contribution in [3.8, 4) is 0 Å². The summed E-state index contributed by atoms with van der Waals surface area (Å²) < 4.78 is 0. The zero-order valence-corrected chi connectivity index (χ0v) is 17.5. The summed E-state index contributed by atoms with van der Waals surface area (Å²) in [5.74, 6) is 0. The van der Waals surface area contributed by atoms with E-state index in [9.17, 15) is 0 Å². The molecule has 0 amide bonds. The maximum Gasteiger partial charge on any atom is 0.0903 e. The van der Waals surface area contributed by atoms with Gasteiger partial charge in [0.25, 0.3) is 0 Å². The molecular weight excluding hydrogens is 288 g/mol. The van der Waals surface area contributed by atoms with Gasteiger partial charge in [-0.3, -0.25) is 0 Å². The predicted molar refractivity (Wildman–Crippen MR) is 101 cm³/mol. The third kappa shape index (κ3) is 3.44. The summed E-state index contributed by atoms with van der Waals surface area (Å²) in [6, 6.07) is 0. The molecule has 0 unspecified atom stereocenters. The maximum atomic E-state index is 2.58. The third-order valence-corrected chi connectivity index (χ3v) is 11.8. The first-order valence-corrected chi connectivity index (χ1v) is 17.2. The monoisotopic (exact) mass is 318 g/mol. The summed E-state index contributed by atoms with van der Waals surface area (Å²) in [4.78, 5) is 0. The summed E-state index contributed by atoms with van der Waals surface area (Å²) in [6.45, 7) is 17.3. The van der Waals surface area contributed by atoms with E-state index in [-0.39, 0.29) is 0 Å². The number of hydrogen-bond donors (Lipinski definition) is 0. The van der Waals surface area contributed by atoms with Crippen molar-refractivity contribution in [1.82, 2.24) is 0 Å². The van der Waals surface area contributed by atoms with Crippen LogP contribution in [0.5, 0.6) is 0 Å². The topological polar surface area (TPSA) is 0 Å². The molecule has 2 rings (SSSR count). The molecule has 0 aromatic carbocycles. The fraction of sp³-hybridized carbons (Fsp3) is 0.529. The van der Waals surface area contributed by atoms with Crippen molar-refractivity contribution in [3.63, 3.8) is 0 Å². The Labute approximate surface area is 129 Å². The number of hydrogen-bond acceptors (Lipinski definition) is 0. The van der Waals surface area contributed by atoms with Crippen molar-refractivity contribution in [1.29, 1.82) is 0 Å². The first-order chi connectivity index (χ1) is 9.09. The number of allylic oxidation sites excluding steroid dienone is 8. The highest BCUT2D eigenvalue weighted by atomic mass is 28.3. The van der Waals surface area contributed by atoms with Gasteiger partial charge in [0.1, 0.15) is 0 Å². The van der Waals surface area contributed by atoms with Crippen LogP contribution in [0, 0.1) is 0 Å². The second kappa shape index (κ2) is 5.43. The lowest BCUT2D eigenvalue weighted by molar-refractivity contribution is 1.33. The average Bonchev–Trinajstić information content (AvgIpc) is 2.96. The van der Waals surface area contributed by atoms with E-state index in [0.29, 0.717) is 0 Å². The van der Waals surface area contributed by atoms with E-state index in [4.69, 9.17) is 0 Å². The van der Waals surface area contributed by atoms with Gasteiger partial charge in [-0.1, -0.05) is 90.9 Å². The van der Waals surface area contributed by atoms with Crippen molar-refractivity contribution in [2.24, 2.45) is 0 Å². The van der Waals surface area contributed by atoms with Crippen LogP contribution in [0.3, 0.4) is 0 Å². The molecule has 0 saturated carbocycles. The van der Waals surface area contributed by atoms with E-state index < -0.39 is 24.9 Å². The van der Waals surface area contributed by atoms with Crippen LogP contribution in [0.1, 0.15) is 12.8 Å². The van der Waals surface area contributed by atoms with Crippen LogP contribution in [0.4, 0.5) is 0 Å². The smallest absolute Gasteiger partial charge is 0.0816 e. The van der Waals surface area contributed by atoms with Gasteiger partial charge in [0.05, 0.1) is 24.9 Å². The van der Waals surface area contributed by atoms with Crippen LogP contribution >= 0.6 is 0 Å². The van der Waals surface area contributed by atoms with Crippen LogP contribution in [-0.2, 0) is 0 Å². The highest BCUT2D eigenvalue weighted by Gasteiger charge is 2.27. The summed E-state index contributed by atoms with van der Waals surface area (Å²) in [5, 5.41) is 6.92. The molecule has 0 spiro atoms. The van der Waals surface area contributed by atoms with E-state index in [1.807, 2.05) is 0 Å². The molecule has 0 aliphatic heterocycles. The van der Waals surface area contributed by atoms with Gasteiger partial charge in [-0.05, 0) is 12.8 Å². The zero-order chi connectivity index (χ0) is 15.1. The van der Waals surface area contributed by atoms with Gasteiger partial charge >= 0.3 is 0 Å².